The average Bonchev–Trinajstić information content (AvgIpc) is 3.15. The number of hydrogen-bond donors (Lipinski definition) is 3. The van der Waals surface area contributed by atoms with Gasteiger partial charge in [0, 0.05) is 20.6 Å². The number of aliphatic hydroxyl groups is 2. The fraction of sp³-hybridized carbons (Fsp3) is 0.609. The first-order valence-electron chi connectivity index (χ1n) is 10.4. The number of unbranched alkanes of at least 4 members (excludes halogenated alkanes) is 1. The van der Waals surface area contributed by atoms with Gasteiger partial charge in [0.05, 0.1) is 12.2 Å². The molecular formula is C23H33BrO4S. The fourth-order valence-electron chi connectivity index (χ4n) is 3.97. The lowest BCUT2D eigenvalue weighted by atomic mass is 9.90. The number of aryl methyl sites for hydroxylation is 2. The zero-order valence-electron chi connectivity index (χ0n) is 17.3. The van der Waals surface area contributed by atoms with Gasteiger partial charge in [0.1, 0.15) is 0 Å². The van der Waals surface area contributed by atoms with Crippen LogP contribution in [0.4, 0.5) is 0 Å². The maximum Gasteiger partial charge on any atom is 0.303 e. The van der Waals surface area contributed by atoms with Crippen LogP contribution in [0.15, 0.2) is 28.8 Å². The van der Waals surface area contributed by atoms with E-state index in [1.165, 1.54) is 19.8 Å². The molecule has 3 N–H and O–H groups in total. The van der Waals surface area contributed by atoms with Gasteiger partial charge in [0.15, 0.2) is 0 Å². The van der Waals surface area contributed by atoms with Gasteiger partial charge in [-0.15, -0.1) is 11.3 Å². The molecule has 1 saturated carbocycles. The maximum atomic E-state index is 10.5. The predicted octanol–water partition coefficient (Wildman–Crippen LogP) is 5.57. The highest BCUT2D eigenvalue weighted by Gasteiger charge is 2.32. The summed E-state index contributed by atoms with van der Waals surface area (Å²) in [6.45, 7) is 4.22. The third-order valence-electron chi connectivity index (χ3n) is 5.76. The van der Waals surface area contributed by atoms with E-state index in [9.17, 15) is 15.0 Å². The van der Waals surface area contributed by atoms with E-state index in [1.807, 2.05) is 12.2 Å². The van der Waals surface area contributed by atoms with E-state index < -0.39 is 12.1 Å². The Morgan fingerprint density at radius 1 is 1.31 bits per heavy atom. The van der Waals surface area contributed by atoms with Crippen LogP contribution in [0.1, 0.15) is 60.3 Å². The molecule has 4 nitrogen and oxygen atoms in total. The highest BCUT2D eigenvalue weighted by Crippen LogP contribution is 2.36. The van der Waals surface area contributed by atoms with E-state index in [-0.39, 0.29) is 24.4 Å². The van der Waals surface area contributed by atoms with Gasteiger partial charge in [-0.25, -0.2) is 0 Å². The number of aliphatic carboxylic acids is 1. The van der Waals surface area contributed by atoms with Crippen LogP contribution in [0, 0.1) is 25.7 Å². The minimum atomic E-state index is -0.759. The molecule has 0 aliphatic heterocycles. The molecule has 0 aromatic carbocycles. The van der Waals surface area contributed by atoms with Crippen molar-refractivity contribution in [3.8, 4) is 0 Å². The summed E-state index contributed by atoms with van der Waals surface area (Å²) in [6, 6.07) is 0. The lowest BCUT2D eigenvalue weighted by Gasteiger charge is -2.18. The van der Waals surface area contributed by atoms with E-state index >= 15 is 0 Å². The van der Waals surface area contributed by atoms with E-state index in [0.717, 1.165) is 32.1 Å². The van der Waals surface area contributed by atoms with Crippen LogP contribution in [0.25, 0.3) is 0 Å². The molecule has 0 amide bonds. The monoisotopic (exact) mass is 484 g/mol. The number of thiophene rings is 1. The summed E-state index contributed by atoms with van der Waals surface area (Å²) in [6.07, 6.45) is 13.0. The molecule has 0 radical (unpaired) electrons. The molecule has 2 rings (SSSR count). The largest absolute Gasteiger partial charge is 0.481 e. The van der Waals surface area contributed by atoms with Crippen LogP contribution in [-0.2, 0) is 11.2 Å². The molecule has 4 atom stereocenters. The number of rotatable bonds is 11. The quantitative estimate of drug-likeness (QED) is 0.283. The highest BCUT2D eigenvalue weighted by atomic mass is 79.9. The maximum absolute atomic E-state index is 10.5. The summed E-state index contributed by atoms with van der Waals surface area (Å²) in [4.78, 5) is 13.1. The zero-order chi connectivity index (χ0) is 21.4. The SMILES string of the molecule is Cc1sc(CC[C@H](O)/C=C/[C@H]2CCC(O)[C@@H]2C/C=C\CCCC(=O)O)c(C)c1Br. The number of allylic oxidation sites excluding steroid dienone is 3. The third kappa shape index (κ3) is 7.67. The van der Waals surface area contributed by atoms with E-state index in [1.54, 1.807) is 11.3 Å². The summed E-state index contributed by atoms with van der Waals surface area (Å²) in [5.74, 6) is -0.305. The highest BCUT2D eigenvalue weighted by molar-refractivity contribution is 9.10. The number of carboxylic acids is 1. The average molecular weight is 485 g/mol. The van der Waals surface area contributed by atoms with Gasteiger partial charge in [-0.2, -0.15) is 0 Å². The molecule has 1 unspecified atom stereocenters. The lowest BCUT2D eigenvalue weighted by molar-refractivity contribution is -0.137. The minimum absolute atomic E-state index is 0.173. The lowest BCUT2D eigenvalue weighted by Crippen LogP contribution is -2.17. The van der Waals surface area contributed by atoms with Crippen molar-refractivity contribution in [2.75, 3.05) is 0 Å². The van der Waals surface area contributed by atoms with Crippen LogP contribution < -0.4 is 0 Å². The Morgan fingerprint density at radius 2 is 2.07 bits per heavy atom. The van der Waals surface area contributed by atoms with Gasteiger partial charge in [0.2, 0.25) is 0 Å². The molecule has 0 bridgehead atoms. The standard InChI is InChI=1S/C23H33BrO4S/c1-15-21(29-16(2)23(15)24)14-12-18(25)11-9-17-10-13-20(26)19(17)7-5-3-4-6-8-22(27)28/h3,5,9,11,17-20,25-26H,4,6-8,10,12-14H2,1-2H3,(H,27,28)/b5-3-,11-9+/t17-,18+,19+,20?/m0/s1. The third-order valence-corrected chi connectivity index (χ3v) is 8.48. The van der Waals surface area contributed by atoms with Crippen molar-refractivity contribution in [1.29, 1.82) is 0 Å². The van der Waals surface area contributed by atoms with Gasteiger partial charge >= 0.3 is 5.97 Å². The second kappa shape index (κ2) is 12.0. The van der Waals surface area contributed by atoms with Crippen molar-refractivity contribution >= 4 is 33.2 Å². The second-order valence-electron chi connectivity index (χ2n) is 7.98. The molecule has 1 fully saturated rings. The van der Waals surface area contributed by atoms with Crippen LogP contribution in [0.3, 0.4) is 0 Å². The van der Waals surface area contributed by atoms with Gasteiger partial charge in [-0.3, -0.25) is 4.79 Å². The van der Waals surface area contributed by atoms with Gasteiger partial charge < -0.3 is 15.3 Å². The van der Waals surface area contributed by atoms with Crippen molar-refractivity contribution in [2.24, 2.45) is 11.8 Å². The van der Waals surface area contributed by atoms with Gasteiger partial charge in [0.25, 0.3) is 0 Å². The number of hydrogen-bond acceptors (Lipinski definition) is 4. The van der Waals surface area contributed by atoms with Gasteiger partial charge in [-0.1, -0.05) is 24.3 Å². The Kier molecular flexibility index (Phi) is 10.1. The first-order chi connectivity index (χ1) is 13.8. The van der Waals surface area contributed by atoms with Crippen molar-refractivity contribution in [3.63, 3.8) is 0 Å². The summed E-state index contributed by atoms with van der Waals surface area (Å²) < 4.78 is 1.18. The van der Waals surface area contributed by atoms with Crippen molar-refractivity contribution in [3.05, 3.63) is 44.1 Å². The van der Waals surface area contributed by atoms with E-state index in [2.05, 4.69) is 41.9 Å². The Balaban J connectivity index is 1.80. The topological polar surface area (TPSA) is 77.8 Å². The van der Waals surface area contributed by atoms with Crippen LogP contribution in [-0.4, -0.2) is 33.5 Å². The molecule has 1 aromatic rings. The minimum Gasteiger partial charge on any atom is -0.481 e. The first kappa shape index (κ1) is 24.3. The first-order valence-corrected chi connectivity index (χ1v) is 12.1. The van der Waals surface area contributed by atoms with Gasteiger partial charge in [-0.05, 0) is 92.1 Å². The fourth-order valence-corrected chi connectivity index (χ4v) is 5.67. The summed E-state index contributed by atoms with van der Waals surface area (Å²) >= 11 is 5.40. The predicted molar refractivity (Wildman–Crippen MR) is 122 cm³/mol. The number of halogens is 1. The molecule has 6 heteroatoms. The zero-order valence-corrected chi connectivity index (χ0v) is 19.7. The Labute approximate surface area is 186 Å². The molecule has 1 aliphatic carbocycles. The van der Waals surface area contributed by atoms with E-state index in [0.29, 0.717) is 12.8 Å². The van der Waals surface area contributed by atoms with Crippen LogP contribution in [0.5, 0.6) is 0 Å². The molecule has 0 spiro atoms. The molecule has 0 saturated heterocycles. The van der Waals surface area contributed by atoms with Crippen LogP contribution >= 0.6 is 27.3 Å². The molecule has 1 aromatic heterocycles. The molecule has 162 valence electrons. The smallest absolute Gasteiger partial charge is 0.303 e. The molecule has 1 heterocycles. The molecule has 29 heavy (non-hydrogen) atoms. The van der Waals surface area contributed by atoms with Crippen molar-refractivity contribution < 1.29 is 20.1 Å². The number of carbonyl (C=O) groups is 1. The second-order valence-corrected chi connectivity index (χ2v) is 10.1. The van der Waals surface area contributed by atoms with Crippen LogP contribution in [0.2, 0.25) is 0 Å². The number of aliphatic hydroxyl groups excluding tert-OH is 2. The van der Waals surface area contributed by atoms with Crippen molar-refractivity contribution in [2.45, 2.75) is 77.4 Å². The molecule has 1 aliphatic rings. The summed E-state index contributed by atoms with van der Waals surface area (Å²) in [5.41, 5.74) is 1.28. The van der Waals surface area contributed by atoms with Crippen molar-refractivity contribution in [1.82, 2.24) is 0 Å². The number of carboxylic acid groups (broad SMARTS) is 1. The Hall–Kier alpha value is -0.950. The molecular weight excluding hydrogens is 452 g/mol. The Morgan fingerprint density at radius 3 is 2.72 bits per heavy atom. The normalized spacial score (nSPS) is 23.4. The summed E-state index contributed by atoms with van der Waals surface area (Å²) in [7, 11) is 0. The summed E-state index contributed by atoms with van der Waals surface area (Å²) in [5, 5.41) is 29.3. The van der Waals surface area contributed by atoms with E-state index in [4.69, 9.17) is 5.11 Å². The Bertz CT molecular complexity index is 725.